The topological polar surface area (TPSA) is 40.5 Å². The zero-order valence-electron chi connectivity index (χ0n) is 12.5. The molecular formula is C17H23NO2S. The van der Waals surface area contributed by atoms with Gasteiger partial charge in [-0.05, 0) is 54.9 Å². The lowest BCUT2D eigenvalue weighted by Gasteiger charge is -2.34. The van der Waals surface area contributed by atoms with E-state index < -0.39 is 0 Å². The number of benzene rings is 1. The van der Waals surface area contributed by atoms with Gasteiger partial charge in [-0.15, -0.1) is 11.8 Å². The Morgan fingerprint density at radius 1 is 1.38 bits per heavy atom. The van der Waals surface area contributed by atoms with Crippen molar-refractivity contribution in [3.63, 3.8) is 0 Å². The Labute approximate surface area is 130 Å². The number of piperidine rings is 1. The number of likely N-dealkylation sites (tertiary alicyclic amines) is 1. The average Bonchev–Trinajstić information content (AvgIpc) is 2.95. The highest BCUT2D eigenvalue weighted by Gasteiger charge is 2.27. The molecule has 1 aromatic carbocycles. The highest BCUT2D eigenvalue weighted by Crippen LogP contribution is 2.28. The van der Waals surface area contributed by atoms with Crippen molar-refractivity contribution in [1.29, 1.82) is 0 Å². The van der Waals surface area contributed by atoms with Crippen LogP contribution in [0.2, 0.25) is 0 Å². The Hall–Kier alpha value is -1.00. The summed E-state index contributed by atoms with van der Waals surface area (Å²) in [5.74, 6) is 0.921. The largest absolute Gasteiger partial charge is 0.391 e. The first-order valence-corrected chi connectivity index (χ1v) is 8.82. The molecule has 114 valence electrons. The maximum absolute atomic E-state index is 12.3. The van der Waals surface area contributed by atoms with Crippen LogP contribution in [0.1, 0.15) is 30.9 Å². The number of hydrogen-bond donors (Lipinski definition) is 1. The van der Waals surface area contributed by atoms with Gasteiger partial charge in [-0.25, -0.2) is 0 Å². The lowest BCUT2D eigenvalue weighted by molar-refractivity contribution is -0.132. The van der Waals surface area contributed by atoms with Gasteiger partial charge < -0.3 is 10.0 Å². The first-order valence-electron chi connectivity index (χ1n) is 7.84. The molecule has 21 heavy (non-hydrogen) atoms. The molecule has 1 heterocycles. The van der Waals surface area contributed by atoms with E-state index in [-0.39, 0.29) is 12.0 Å². The number of aliphatic hydroxyl groups is 1. The fourth-order valence-corrected chi connectivity index (χ4v) is 4.01. The van der Waals surface area contributed by atoms with Crippen molar-refractivity contribution in [2.24, 2.45) is 5.92 Å². The molecule has 0 radical (unpaired) electrons. The molecule has 1 amide bonds. The number of nitrogens with zero attached hydrogens (tertiary/aromatic N) is 1. The van der Waals surface area contributed by atoms with E-state index in [2.05, 4.69) is 18.2 Å². The van der Waals surface area contributed by atoms with Gasteiger partial charge in [0.1, 0.15) is 0 Å². The minimum Gasteiger partial charge on any atom is -0.391 e. The molecule has 3 rings (SSSR count). The number of β-amino-alcohol motifs (C(OH)–C–C–N with tert-alkyl or cyclic N) is 1. The van der Waals surface area contributed by atoms with Crippen LogP contribution in [0.25, 0.3) is 0 Å². The summed E-state index contributed by atoms with van der Waals surface area (Å²) in [6.07, 6.45) is 4.16. The van der Waals surface area contributed by atoms with Crippen molar-refractivity contribution in [2.75, 3.05) is 18.8 Å². The quantitative estimate of drug-likeness (QED) is 0.872. The Morgan fingerprint density at radius 2 is 2.19 bits per heavy atom. The monoisotopic (exact) mass is 305 g/mol. The summed E-state index contributed by atoms with van der Waals surface area (Å²) in [4.78, 5) is 15.3. The molecule has 3 nitrogen and oxygen atoms in total. The van der Waals surface area contributed by atoms with E-state index in [1.54, 1.807) is 11.8 Å². The molecule has 1 fully saturated rings. The van der Waals surface area contributed by atoms with E-state index in [1.807, 2.05) is 11.8 Å². The summed E-state index contributed by atoms with van der Waals surface area (Å²) < 4.78 is 0. The molecule has 1 N–H and O–H groups in total. The lowest BCUT2D eigenvalue weighted by atomic mass is 9.96. The van der Waals surface area contributed by atoms with Crippen molar-refractivity contribution >= 4 is 17.7 Å². The van der Waals surface area contributed by atoms with E-state index in [9.17, 15) is 9.90 Å². The van der Waals surface area contributed by atoms with Crippen LogP contribution in [0.15, 0.2) is 23.1 Å². The smallest absolute Gasteiger partial charge is 0.233 e. The van der Waals surface area contributed by atoms with Gasteiger partial charge >= 0.3 is 0 Å². The predicted octanol–water partition coefficient (Wildman–Crippen LogP) is 2.50. The van der Waals surface area contributed by atoms with Crippen molar-refractivity contribution in [2.45, 2.75) is 43.6 Å². The van der Waals surface area contributed by atoms with E-state index >= 15 is 0 Å². The highest BCUT2D eigenvalue weighted by atomic mass is 32.2. The second kappa shape index (κ2) is 6.41. The van der Waals surface area contributed by atoms with Gasteiger partial charge in [-0.2, -0.15) is 0 Å². The van der Waals surface area contributed by atoms with Gasteiger partial charge in [0.25, 0.3) is 0 Å². The maximum atomic E-state index is 12.3. The number of rotatable bonds is 3. The number of carbonyl (C=O) groups is 1. The van der Waals surface area contributed by atoms with Gasteiger partial charge in [-0.3, -0.25) is 4.79 Å². The van der Waals surface area contributed by atoms with Crippen LogP contribution in [0.5, 0.6) is 0 Å². The SMILES string of the molecule is CC1CCN(C(=O)CSc2ccc3c(c2)CCC3)CC1O. The third-order valence-corrected chi connectivity index (χ3v) is 5.68. The van der Waals surface area contributed by atoms with E-state index in [1.165, 1.54) is 35.3 Å². The molecule has 4 heteroatoms. The molecule has 1 aromatic rings. The van der Waals surface area contributed by atoms with Gasteiger partial charge in [0.05, 0.1) is 11.9 Å². The fourth-order valence-electron chi connectivity index (χ4n) is 3.15. The summed E-state index contributed by atoms with van der Waals surface area (Å²) in [7, 11) is 0. The number of aliphatic hydroxyl groups excluding tert-OH is 1. The maximum Gasteiger partial charge on any atom is 0.233 e. The minimum atomic E-state index is -0.368. The Kier molecular flexibility index (Phi) is 4.55. The van der Waals surface area contributed by atoms with Gasteiger partial charge in [0, 0.05) is 18.0 Å². The second-order valence-corrected chi connectivity index (χ2v) is 7.29. The molecule has 0 aromatic heterocycles. The third kappa shape index (κ3) is 3.43. The van der Waals surface area contributed by atoms with Gasteiger partial charge in [0.15, 0.2) is 0 Å². The van der Waals surface area contributed by atoms with Crippen LogP contribution < -0.4 is 0 Å². The molecule has 1 saturated heterocycles. The summed E-state index contributed by atoms with van der Waals surface area (Å²) in [6, 6.07) is 6.59. The molecule has 2 unspecified atom stereocenters. The molecule has 0 saturated carbocycles. The predicted molar refractivity (Wildman–Crippen MR) is 85.6 cm³/mol. The van der Waals surface area contributed by atoms with Crippen LogP contribution in [0.4, 0.5) is 0 Å². The minimum absolute atomic E-state index is 0.145. The molecule has 2 aliphatic rings. The normalized spacial score (nSPS) is 25.0. The number of amides is 1. The second-order valence-electron chi connectivity index (χ2n) is 6.25. The number of fused-ring (bicyclic) bond motifs is 1. The standard InChI is InChI=1S/C17H23NO2S/c1-12-7-8-18(10-16(12)19)17(20)11-21-15-6-5-13-3-2-4-14(13)9-15/h5-6,9,12,16,19H,2-4,7-8,10-11H2,1H3. The molecule has 0 spiro atoms. The third-order valence-electron chi connectivity index (χ3n) is 4.70. The van der Waals surface area contributed by atoms with Crippen molar-refractivity contribution < 1.29 is 9.90 Å². The van der Waals surface area contributed by atoms with E-state index in [0.29, 0.717) is 18.2 Å². The van der Waals surface area contributed by atoms with Crippen molar-refractivity contribution in [1.82, 2.24) is 4.90 Å². The molecule has 1 aliphatic heterocycles. The fraction of sp³-hybridized carbons (Fsp3) is 0.588. The van der Waals surface area contributed by atoms with Crippen LogP contribution in [0.3, 0.4) is 0 Å². The summed E-state index contributed by atoms with van der Waals surface area (Å²) in [6.45, 7) is 3.32. The average molecular weight is 305 g/mol. The molecular weight excluding hydrogens is 282 g/mol. The Balaban J connectivity index is 1.54. The first-order chi connectivity index (χ1) is 10.1. The van der Waals surface area contributed by atoms with Crippen LogP contribution in [0, 0.1) is 5.92 Å². The van der Waals surface area contributed by atoms with Crippen molar-refractivity contribution in [3.8, 4) is 0 Å². The summed E-state index contributed by atoms with van der Waals surface area (Å²) in [5, 5.41) is 9.89. The number of thioether (sulfide) groups is 1. The summed E-state index contributed by atoms with van der Waals surface area (Å²) in [5.41, 5.74) is 2.92. The molecule has 0 bridgehead atoms. The summed E-state index contributed by atoms with van der Waals surface area (Å²) >= 11 is 1.62. The zero-order valence-corrected chi connectivity index (χ0v) is 13.4. The van der Waals surface area contributed by atoms with Crippen LogP contribution in [-0.4, -0.2) is 40.9 Å². The molecule has 1 aliphatic carbocycles. The number of aryl methyl sites for hydroxylation is 2. The lowest BCUT2D eigenvalue weighted by Crippen LogP contribution is -2.46. The zero-order chi connectivity index (χ0) is 14.8. The van der Waals surface area contributed by atoms with Crippen LogP contribution in [-0.2, 0) is 17.6 Å². The highest BCUT2D eigenvalue weighted by molar-refractivity contribution is 8.00. The first kappa shape index (κ1) is 14.9. The Bertz CT molecular complexity index is 532. The number of carbonyl (C=O) groups excluding carboxylic acids is 1. The van der Waals surface area contributed by atoms with Crippen molar-refractivity contribution in [3.05, 3.63) is 29.3 Å². The molecule has 2 atom stereocenters. The van der Waals surface area contributed by atoms with Crippen LogP contribution >= 0.6 is 11.8 Å². The van der Waals surface area contributed by atoms with E-state index in [4.69, 9.17) is 0 Å². The van der Waals surface area contributed by atoms with Gasteiger partial charge in [-0.1, -0.05) is 13.0 Å². The number of hydrogen-bond acceptors (Lipinski definition) is 3. The van der Waals surface area contributed by atoms with E-state index in [0.717, 1.165) is 13.0 Å². The van der Waals surface area contributed by atoms with Gasteiger partial charge in [0.2, 0.25) is 5.91 Å². The Morgan fingerprint density at radius 3 is 3.00 bits per heavy atom.